The van der Waals surface area contributed by atoms with Crippen LogP contribution in [-0.2, 0) is 11.2 Å². The van der Waals surface area contributed by atoms with Gasteiger partial charge in [-0.25, -0.2) is 4.79 Å². The largest absolute Gasteiger partial charge is 0.422 e. The van der Waals surface area contributed by atoms with Crippen molar-refractivity contribution >= 4 is 16.9 Å². The Morgan fingerprint density at radius 2 is 2.00 bits per heavy atom. The van der Waals surface area contributed by atoms with Crippen LogP contribution in [0.1, 0.15) is 26.3 Å². The fourth-order valence-electron chi connectivity index (χ4n) is 2.90. The van der Waals surface area contributed by atoms with Crippen LogP contribution in [0.3, 0.4) is 0 Å². The quantitative estimate of drug-likeness (QED) is 0.673. The van der Waals surface area contributed by atoms with Gasteiger partial charge in [-0.2, -0.15) is 0 Å². The molecule has 127 valence electrons. The van der Waals surface area contributed by atoms with Gasteiger partial charge in [-0.15, -0.1) is 0 Å². The monoisotopic (exact) mass is 325 g/mol. The number of ether oxygens (including phenoxy) is 1. The van der Waals surface area contributed by atoms with Crippen LogP contribution in [0.5, 0.6) is 5.75 Å². The number of carbonyl (C=O) groups excluding carboxylic acids is 1. The molecule has 1 N–H and O–H groups in total. The third-order valence-electron chi connectivity index (χ3n) is 4.30. The molecule has 1 aromatic carbocycles. The molecule has 2 aromatic rings. The van der Waals surface area contributed by atoms with Crippen molar-refractivity contribution in [1.82, 2.24) is 9.88 Å². The molecule has 3 rings (SSSR count). The Kier molecular flexibility index (Phi) is 4.26. The number of hydrogen-bond donors (Lipinski definition) is 1. The number of hydrogen-bond acceptors (Lipinski definition) is 3. The van der Waals surface area contributed by atoms with E-state index in [0.29, 0.717) is 11.3 Å². The molecule has 0 unspecified atom stereocenters. The van der Waals surface area contributed by atoms with Crippen molar-refractivity contribution in [3.63, 3.8) is 0 Å². The number of benzene rings is 1. The lowest BCUT2D eigenvalue weighted by Crippen LogP contribution is -2.15. The van der Waals surface area contributed by atoms with Crippen molar-refractivity contribution in [3.8, 4) is 5.75 Å². The summed E-state index contributed by atoms with van der Waals surface area (Å²) in [5, 5.41) is 1.01. The number of nitrogens with zero attached hydrogens (tertiary/aromatic N) is 1. The molecule has 1 heterocycles. The molecule has 0 atom stereocenters. The van der Waals surface area contributed by atoms with E-state index in [2.05, 4.69) is 44.8 Å². The summed E-state index contributed by atoms with van der Waals surface area (Å²) in [5.41, 5.74) is 3.96. The first-order valence-corrected chi connectivity index (χ1v) is 8.33. The number of nitrogens with one attached hydrogen (secondary N) is 1. The minimum absolute atomic E-state index is 0.00861. The fraction of sp³-hybridized carbons (Fsp3) is 0.400. The number of rotatable bonds is 5. The first kappa shape index (κ1) is 16.8. The maximum Gasteiger partial charge on any atom is 0.340 e. The molecule has 1 radical (unpaired) electrons. The number of allylic oxidation sites excluding steroid dienone is 1. The third-order valence-corrected chi connectivity index (χ3v) is 4.30. The highest BCUT2D eigenvalue weighted by molar-refractivity contribution is 6.03. The number of aromatic nitrogens is 1. The van der Waals surface area contributed by atoms with E-state index in [4.69, 9.17) is 4.74 Å². The summed E-state index contributed by atoms with van der Waals surface area (Å²) < 4.78 is 5.72. The molecule has 1 aliphatic rings. The number of esters is 1. The van der Waals surface area contributed by atoms with Crippen molar-refractivity contribution in [2.75, 3.05) is 20.6 Å². The Labute approximate surface area is 143 Å². The lowest BCUT2D eigenvalue weighted by atomic mass is 9.93. The lowest BCUT2D eigenvalue weighted by Gasteiger charge is -2.12. The van der Waals surface area contributed by atoms with Gasteiger partial charge in [0.2, 0.25) is 0 Å². The maximum atomic E-state index is 12.4. The summed E-state index contributed by atoms with van der Waals surface area (Å²) in [6.45, 7) is 7.25. The number of carbonyl (C=O) groups is 1. The zero-order chi connectivity index (χ0) is 17.5. The predicted molar refractivity (Wildman–Crippen MR) is 97.0 cm³/mol. The third kappa shape index (κ3) is 3.39. The van der Waals surface area contributed by atoms with Crippen molar-refractivity contribution in [1.29, 1.82) is 0 Å². The molecule has 0 fully saturated rings. The van der Waals surface area contributed by atoms with Gasteiger partial charge in [0.15, 0.2) is 0 Å². The fourth-order valence-corrected chi connectivity index (χ4v) is 2.90. The SMILES string of the molecule is CN(C)CCc1c[nH]c2cccc(OC(=O)C3=C(C(C)(C)C)[CH]3)c12. The van der Waals surface area contributed by atoms with E-state index in [1.807, 2.05) is 30.8 Å². The van der Waals surface area contributed by atoms with Crippen molar-refractivity contribution < 1.29 is 9.53 Å². The number of fused-ring (bicyclic) bond motifs is 1. The minimum Gasteiger partial charge on any atom is -0.422 e. The summed E-state index contributed by atoms with van der Waals surface area (Å²) in [5.74, 6) is 0.376. The molecule has 1 aliphatic carbocycles. The molecule has 0 saturated carbocycles. The Bertz CT molecular complexity index is 807. The average Bonchev–Trinajstić information content (AvgIpc) is 3.20. The van der Waals surface area contributed by atoms with Crippen LogP contribution in [0.25, 0.3) is 10.9 Å². The summed E-state index contributed by atoms with van der Waals surface area (Å²) in [7, 11) is 4.11. The van der Waals surface area contributed by atoms with Crippen LogP contribution in [0.2, 0.25) is 0 Å². The summed E-state index contributed by atoms with van der Waals surface area (Å²) in [6, 6.07) is 5.79. The van der Waals surface area contributed by atoms with Crippen molar-refractivity contribution in [2.24, 2.45) is 5.41 Å². The second-order valence-corrected chi connectivity index (χ2v) is 7.66. The molecule has 0 bridgehead atoms. The normalized spacial score (nSPS) is 14.6. The van der Waals surface area contributed by atoms with Gasteiger partial charge in [0.25, 0.3) is 0 Å². The second kappa shape index (κ2) is 6.10. The zero-order valence-electron chi connectivity index (χ0n) is 15.1. The molecule has 4 nitrogen and oxygen atoms in total. The van der Waals surface area contributed by atoms with Gasteiger partial charge in [-0.05, 0) is 49.2 Å². The molecule has 0 amide bonds. The van der Waals surface area contributed by atoms with E-state index in [-0.39, 0.29) is 11.4 Å². The van der Waals surface area contributed by atoms with E-state index in [1.165, 1.54) is 5.56 Å². The smallest absolute Gasteiger partial charge is 0.340 e. The summed E-state index contributed by atoms with van der Waals surface area (Å²) in [4.78, 5) is 17.9. The first-order chi connectivity index (χ1) is 11.3. The molecular formula is C20H25N2O2. The summed E-state index contributed by atoms with van der Waals surface area (Å²) >= 11 is 0. The van der Waals surface area contributed by atoms with E-state index in [0.717, 1.165) is 29.4 Å². The van der Waals surface area contributed by atoms with E-state index in [9.17, 15) is 4.79 Å². The van der Waals surface area contributed by atoms with Gasteiger partial charge in [-0.3, -0.25) is 0 Å². The van der Waals surface area contributed by atoms with Crippen molar-refractivity contribution in [2.45, 2.75) is 27.2 Å². The Morgan fingerprint density at radius 3 is 2.62 bits per heavy atom. The highest BCUT2D eigenvalue weighted by atomic mass is 16.5. The van der Waals surface area contributed by atoms with E-state index < -0.39 is 0 Å². The number of likely N-dealkylation sites (N-methyl/N-ethyl adjacent to an activating group) is 1. The van der Waals surface area contributed by atoms with Crippen LogP contribution < -0.4 is 4.74 Å². The molecule has 0 saturated heterocycles. The van der Waals surface area contributed by atoms with Gasteiger partial charge in [0.1, 0.15) is 5.75 Å². The van der Waals surface area contributed by atoms with Crippen LogP contribution in [0.15, 0.2) is 35.5 Å². The predicted octanol–water partition coefficient (Wildman–Crippen LogP) is 3.74. The average molecular weight is 325 g/mol. The highest BCUT2D eigenvalue weighted by Gasteiger charge is 2.37. The standard InChI is InChI=1S/C20H25N2O2/c1-20(2,3)15-11-14(15)19(23)24-17-8-6-7-16-18(17)13(12-21-16)9-10-22(4)5/h6-8,11-12,21H,9-10H2,1-5H3. The number of aromatic amines is 1. The minimum atomic E-state index is -0.257. The molecule has 0 spiro atoms. The van der Waals surface area contributed by atoms with E-state index >= 15 is 0 Å². The second-order valence-electron chi connectivity index (χ2n) is 7.66. The Balaban J connectivity index is 1.86. The topological polar surface area (TPSA) is 45.3 Å². The highest BCUT2D eigenvalue weighted by Crippen LogP contribution is 2.44. The van der Waals surface area contributed by atoms with Gasteiger partial charge < -0.3 is 14.6 Å². The Morgan fingerprint density at radius 1 is 1.25 bits per heavy atom. The van der Waals surface area contributed by atoms with Gasteiger partial charge in [0, 0.05) is 35.6 Å². The van der Waals surface area contributed by atoms with Gasteiger partial charge in [-0.1, -0.05) is 26.8 Å². The van der Waals surface area contributed by atoms with Crippen molar-refractivity contribution in [3.05, 3.63) is 47.5 Å². The molecule has 24 heavy (non-hydrogen) atoms. The molecular weight excluding hydrogens is 300 g/mol. The Hall–Kier alpha value is -2.07. The van der Waals surface area contributed by atoms with Crippen LogP contribution >= 0.6 is 0 Å². The zero-order valence-corrected chi connectivity index (χ0v) is 15.1. The number of H-pyrrole nitrogens is 1. The summed E-state index contributed by atoms with van der Waals surface area (Å²) in [6.07, 6.45) is 4.84. The molecule has 4 heteroatoms. The van der Waals surface area contributed by atoms with Gasteiger partial charge in [0.05, 0.1) is 0 Å². The van der Waals surface area contributed by atoms with E-state index in [1.54, 1.807) is 0 Å². The first-order valence-electron chi connectivity index (χ1n) is 8.33. The molecule has 0 aliphatic heterocycles. The van der Waals surface area contributed by atoms with Crippen LogP contribution in [0.4, 0.5) is 0 Å². The lowest BCUT2D eigenvalue weighted by molar-refractivity contribution is -0.129. The maximum absolute atomic E-state index is 12.4. The van der Waals surface area contributed by atoms with Gasteiger partial charge >= 0.3 is 5.97 Å². The molecule has 1 aromatic heterocycles. The van der Waals surface area contributed by atoms with Crippen LogP contribution in [0, 0.1) is 11.8 Å². The van der Waals surface area contributed by atoms with Crippen LogP contribution in [-0.4, -0.2) is 36.5 Å².